The average Bonchev–Trinajstić information content (AvgIpc) is 2.48. The van der Waals surface area contributed by atoms with E-state index in [1.54, 1.807) is 4.68 Å². The maximum absolute atomic E-state index is 10.5. The van der Waals surface area contributed by atoms with Crippen molar-refractivity contribution in [2.24, 2.45) is 0 Å². The van der Waals surface area contributed by atoms with Gasteiger partial charge in [0.05, 0.1) is 23.4 Å². The molecule has 0 saturated heterocycles. The van der Waals surface area contributed by atoms with E-state index in [1.165, 1.54) is 6.07 Å². The lowest BCUT2D eigenvalue weighted by Gasteiger charge is -2.08. The Morgan fingerprint density at radius 3 is 3.07 bits per heavy atom. The average molecular weight is 194 g/mol. The minimum atomic E-state index is -0.473. The van der Waals surface area contributed by atoms with Gasteiger partial charge >= 0.3 is 5.82 Å². The van der Waals surface area contributed by atoms with Crippen molar-refractivity contribution in [3.8, 4) is 0 Å². The van der Waals surface area contributed by atoms with Crippen LogP contribution in [-0.4, -0.2) is 33.2 Å². The van der Waals surface area contributed by atoms with Crippen LogP contribution in [0.4, 0.5) is 5.82 Å². The minimum absolute atomic E-state index is 0.0887. The fourth-order valence-corrected chi connectivity index (χ4v) is 1.35. The van der Waals surface area contributed by atoms with Crippen LogP contribution >= 0.6 is 0 Å². The summed E-state index contributed by atoms with van der Waals surface area (Å²) >= 11 is 0. The van der Waals surface area contributed by atoms with E-state index in [1.807, 2.05) is 24.2 Å². The Morgan fingerprint density at radius 2 is 2.36 bits per heavy atom. The Kier molecular flexibility index (Phi) is 1.95. The van der Waals surface area contributed by atoms with Gasteiger partial charge in [-0.3, -0.25) is 0 Å². The SMILES string of the molecule is CN1C=Cc2cc([N+](=O)[O-])nn2CC1. The van der Waals surface area contributed by atoms with Gasteiger partial charge in [0.25, 0.3) is 0 Å². The predicted octanol–water partition coefficient (Wildman–Crippen LogP) is 0.707. The number of hydrogen-bond donors (Lipinski definition) is 0. The number of nitro groups is 1. The van der Waals surface area contributed by atoms with Gasteiger partial charge in [0.15, 0.2) is 0 Å². The molecule has 1 aromatic rings. The van der Waals surface area contributed by atoms with Gasteiger partial charge in [0, 0.05) is 19.8 Å². The summed E-state index contributed by atoms with van der Waals surface area (Å²) in [5.74, 6) is -0.0887. The van der Waals surface area contributed by atoms with Gasteiger partial charge in [-0.05, 0) is 11.0 Å². The topological polar surface area (TPSA) is 64.2 Å². The van der Waals surface area contributed by atoms with E-state index in [2.05, 4.69) is 5.10 Å². The van der Waals surface area contributed by atoms with Gasteiger partial charge in [-0.1, -0.05) is 0 Å². The highest BCUT2D eigenvalue weighted by molar-refractivity contribution is 5.48. The van der Waals surface area contributed by atoms with Crippen LogP contribution in [0.5, 0.6) is 0 Å². The minimum Gasteiger partial charge on any atom is -0.378 e. The Balaban J connectivity index is 2.37. The van der Waals surface area contributed by atoms with E-state index >= 15 is 0 Å². The second-order valence-corrected chi connectivity index (χ2v) is 3.20. The Hall–Kier alpha value is -1.85. The van der Waals surface area contributed by atoms with Gasteiger partial charge in [-0.2, -0.15) is 4.68 Å². The normalized spacial score (nSPS) is 15.1. The number of likely N-dealkylation sites (N-methyl/N-ethyl adjacent to an activating group) is 1. The molecule has 1 aliphatic rings. The largest absolute Gasteiger partial charge is 0.390 e. The van der Waals surface area contributed by atoms with Gasteiger partial charge in [-0.15, -0.1) is 0 Å². The number of hydrogen-bond acceptors (Lipinski definition) is 4. The third kappa shape index (κ3) is 1.46. The predicted molar refractivity (Wildman–Crippen MR) is 50.5 cm³/mol. The molecule has 0 aromatic carbocycles. The molecular weight excluding hydrogens is 184 g/mol. The number of rotatable bonds is 1. The summed E-state index contributed by atoms with van der Waals surface area (Å²) in [4.78, 5) is 12.0. The van der Waals surface area contributed by atoms with Crippen molar-refractivity contribution in [2.45, 2.75) is 6.54 Å². The molecule has 2 rings (SSSR count). The Morgan fingerprint density at radius 1 is 1.57 bits per heavy atom. The molecule has 0 amide bonds. The molecule has 0 atom stereocenters. The molecule has 1 aliphatic heterocycles. The first-order valence-electron chi connectivity index (χ1n) is 4.27. The summed E-state index contributed by atoms with van der Waals surface area (Å²) in [5, 5.41) is 14.3. The molecule has 2 heterocycles. The van der Waals surface area contributed by atoms with Crippen LogP contribution in [-0.2, 0) is 6.54 Å². The maximum Gasteiger partial charge on any atom is 0.390 e. The quantitative estimate of drug-likeness (QED) is 0.487. The Labute approximate surface area is 80.6 Å². The molecule has 0 radical (unpaired) electrons. The lowest BCUT2D eigenvalue weighted by Crippen LogP contribution is -2.16. The smallest absolute Gasteiger partial charge is 0.378 e. The standard InChI is InChI=1S/C8H10N4O2/c1-10-3-2-7-6-8(12(13)14)9-11(7)5-4-10/h2-3,6H,4-5H2,1H3. The number of fused-ring (bicyclic) bond motifs is 1. The first kappa shape index (κ1) is 8.74. The number of aromatic nitrogens is 2. The maximum atomic E-state index is 10.5. The number of nitrogens with zero attached hydrogens (tertiary/aromatic N) is 4. The third-order valence-electron chi connectivity index (χ3n) is 2.15. The summed E-state index contributed by atoms with van der Waals surface area (Å²) in [6.45, 7) is 1.48. The first-order chi connectivity index (χ1) is 6.66. The molecule has 0 bridgehead atoms. The van der Waals surface area contributed by atoms with Gasteiger partial charge in [0.1, 0.15) is 0 Å². The van der Waals surface area contributed by atoms with E-state index in [0.717, 1.165) is 12.2 Å². The third-order valence-corrected chi connectivity index (χ3v) is 2.15. The second kappa shape index (κ2) is 3.13. The van der Waals surface area contributed by atoms with Gasteiger partial charge in [-0.25, -0.2) is 0 Å². The van der Waals surface area contributed by atoms with Crippen molar-refractivity contribution in [3.63, 3.8) is 0 Å². The summed E-state index contributed by atoms with van der Waals surface area (Å²) in [6.07, 6.45) is 3.72. The molecule has 0 unspecified atom stereocenters. The zero-order chi connectivity index (χ0) is 10.1. The van der Waals surface area contributed by atoms with E-state index < -0.39 is 4.92 Å². The molecule has 74 valence electrons. The zero-order valence-electron chi connectivity index (χ0n) is 7.75. The fourth-order valence-electron chi connectivity index (χ4n) is 1.35. The van der Waals surface area contributed by atoms with E-state index in [4.69, 9.17) is 0 Å². The van der Waals surface area contributed by atoms with Crippen molar-refractivity contribution in [1.29, 1.82) is 0 Å². The van der Waals surface area contributed by atoms with E-state index in [0.29, 0.717) is 6.54 Å². The van der Waals surface area contributed by atoms with Crippen LogP contribution in [0.3, 0.4) is 0 Å². The lowest BCUT2D eigenvalue weighted by molar-refractivity contribution is -0.389. The first-order valence-corrected chi connectivity index (χ1v) is 4.27. The highest BCUT2D eigenvalue weighted by Gasteiger charge is 2.17. The summed E-state index contributed by atoms with van der Waals surface area (Å²) in [7, 11) is 1.96. The molecule has 14 heavy (non-hydrogen) atoms. The molecule has 0 saturated carbocycles. The van der Waals surface area contributed by atoms with Crippen LogP contribution in [0, 0.1) is 10.1 Å². The molecule has 0 fully saturated rings. The molecule has 0 aliphatic carbocycles. The van der Waals surface area contributed by atoms with Crippen LogP contribution in [0.25, 0.3) is 6.08 Å². The summed E-state index contributed by atoms with van der Waals surface area (Å²) in [6, 6.07) is 1.48. The highest BCUT2D eigenvalue weighted by Crippen LogP contribution is 2.15. The van der Waals surface area contributed by atoms with E-state index in [9.17, 15) is 10.1 Å². The van der Waals surface area contributed by atoms with Crippen molar-refractivity contribution < 1.29 is 4.92 Å². The highest BCUT2D eigenvalue weighted by atomic mass is 16.6. The molecule has 0 spiro atoms. The van der Waals surface area contributed by atoms with Crippen LogP contribution in [0.15, 0.2) is 12.3 Å². The molecule has 6 nitrogen and oxygen atoms in total. The molecular formula is C8H10N4O2. The zero-order valence-corrected chi connectivity index (χ0v) is 7.75. The van der Waals surface area contributed by atoms with E-state index in [-0.39, 0.29) is 5.82 Å². The molecule has 6 heteroatoms. The summed E-state index contributed by atoms with van der Waals surface area (Å²) < 4.78 is 1.65. The molecule has 1 aromatic heterocycles. The monoisotopic (exact) mass is 194 g/mol. The van der Waals surface area contributed by atoms with Crippen LogP contribution in [0.2, 0.25) is 0 Å². The molecule has 0 N–H and O–H groups in total. The summed E-state index contributed by atoms with van der Waals surface area (Å²) in [5.41, 5.74) is 0.779. The van der Waals surface area contributed by atoms with Crippen LogP contribution in [0.1, 0.15) is 5.69 Å². The lowest BCUT2D eigenvalue weighted by atomic mass is 10.4. The van der Waals surface area contributed by atoms with Crippen molar-refractivity contribution in [1.82, 2.24) is 14.7 Å². The Bertz CT molecular complexity index is 396. The van der Waals surface area contributed by atoms with Gasteiger partial charge in [0.2, 0.25) is 0 Å². The van der Waals surface area contributed by atoms with Crippen molar-refractivity contribution in [2.75, 3.05) is 13.6 Å². The van der Waals surface area contributed by atoms with Gasteiger partial charge < -0.3 is 15.0 Å². The fraction of sp³-hybridized carbons (Fsp3) is 0.375. The van der Waals surface area contributed by atoms with Crippen molar-refractivity contribution in [3.05, 3.63) is 28.1 Å². The second-order valence-electron chi connectivity index (χ2n) is 3.20. The van der Waals surface area contributed by atoms with Crippen molar-refractivity contribution >= 4 is 11.9 Å². The van der Waals surface area contributed by atoms with Crippen LogP contribution < -0.4 is 0 Å².